The van der Waals surface area contributed by atoms with E-state index in [1.54, 1.807) is 6.92 Å². The fourth-order valence-electron chi connectivity index (χ4n) is 2.20. The van der Waals surface area contributed by atoms with Gasteiger partial charge in [-0.05, 0) is 18.2 Å². The molecule has 1 aliphatic heterocycles. The Morgan fingerprint density at radius 2 is 2.20 bits per heavy atom. The molecule has 1 amide bonds. The molecule has 7 heteroatoms. The number of alkyl halides is 2. The summed E-state index contributed by atoms with van der Waals surface area (Å²) in [4.78, 5) is 14.1. The number of amides is 1. The van der Waals surface area contributed by atoms with E-state index in [1.165, 1.54) is 6.07 Å². The molecule has 0 saturated carbocycles. The Balaban J connectivity index is 2.48. The summed E-state index contributed by atoms with van der Waals surface area (Å²) >= 11 is 0. The summed E-state index contributed by atoms with van der Waals surface area (Å²) in [6, 6.07) is 1.77. The van der Waals surface area contributed by atoms with Crippen molar-refractivity contribution in [2.24, 2.45) is 16.6 Å². The van der Waals surface area contributed by atoms with Gasteiger partial charge in [0.1, 0.15) is 11.9 Å². The first-order valence-electron chi connectivity index (χ1n) is 6.06. The lowest BCUT2D eigenvalue weighted by Gasteiger charge is -2.32. The molecule has 2 rings (SSSR count). The number of nitrogens with zero attached hydrogens (tertiary/aromatic N) is 1. The van der Waals surface area contributed by atoms with Gasteiger partial charge >= 0.3 is 0 Å². The number of benzene rings is 1. The Bertz CT molecular complexity index is 560. The van der Waals surface area contributed by atoms with Gasteiger partial charge in [-0.15, -0.1) is 0 Å². The third-order valence-corrected chi connectivity index (χ3v) is 3.28. The van der Waals surface area contributed by atoms with E-state index in [9.17, 15) is 18.0 Å². The van der Waals surface area contributed by atoms with Gasteiger partial charge in [-0.2, -0.15) is 0 Å². The van der Waals surface area contributed by atoms with E-state index in [-0.39, 0.29) is 17.1 Å². The number of hydrogen-bond donors (Lipinski definition) is 2. The maximum absolute atomic E-state index is 14.1. The summed E-state index contributed by atoms with van der Waals surface area (Å²) in [5.41, 5.74) is 5.54. The van der Waals surface area contributed by atoms with Crippen LogP contribution in [0.3, 0.4) is 0 Å². The maximum Gasteiger partial charge on any atom is 0.274 e. The Kier molecular flexibility index (Phi) is 3.69. The number of rotatable bonds is 3. The molecule has 1 aliphatic rings. The van der Waals surface area contributed by atoms with Crippen molar-refractivity contribution in [1.82, 2.24) is 0 Å². The molecule has 0 radical (unpaired) electrons. The zero-order valence-corrected chi connectivity index (χ0v) is 10.7. The zero-order valence-electron chi connectivity index (χ0n) is 10.7. The first kappa shape index (κ1) is 14.4. The van der Waals surface area contributed by atoms with Crippen molar-refractivity contribution in [2.75, 3.05) is 5.32 Å². The average molecular weight is 285 g/mol. The Labute approximate surface area is 113 Å². The average Bonchev–Trinajstić information content (AvgIpc) is 2.36. The molecular weight excluding hydrogens is 271 g/mol. The lowest BCUT2D eigenvalue weighted by molar-refractivity contribution is -0.105. The van der Waals surface area contributed by atoms with Crippen molar-refractivity contribution < 1.29 is 18.0 Å². The van der Waals surface area contributed by atoms with Gasteiger partial charge < -0.3 is 11.1 Å². The van der Waals surface area contributed by atoms with Gasteiger partial charge in [0.15, 0.2) is 0 Å². The minimum atomic E-state index is -3.19. The van der Waals surface area contributed by atoms with Gasteiger partial charge in [0.05, 0.1) is 5.84 Å². The lowest BCUT2D eigenvalue weighted by Crippen LogP contribution is -2.39. The molecule has 2 atom stereocenters. The van der Waals surface area contributed by atoms with E-state index in [0.29, 0.717) is 6.41 Å². The van der Waals surface area contributed by atoms with Gasteiger partial charge in [0.2, 0.25) is 6.41 Å². The van der Waals surface area contributed by atoms with Crippen LogP contribution < -0.4 is 11.1 Å². The number of amidine groups is 1. The number of carbonyl (C=O) groups is 1. The number of aliphatic imine (C=N–C) groups is 1. The highest BCUT2D eigenvalue weighted by atomic mass is 19.3. The highest BCUT2D eigenvalue weighted by Crippen LogP contribution is 2.43. The monoisotopic (exact) mass is 285 g/mol. The third kappa shape index (κ3) is 2.61. The van der Waals surface area contributed by atoms with E-state index in [1.807, 2.05) is 0 Å². The maximum atomic E-state index is 14.1. The summed E-state index contributed by atoms with van der Waals surface area (Å²) in [5.74, 6) is -4.48. The van der Waals surface area contributed by atoms with Crippen molar-refractivity contribution >= 4 is 17.9 Å². The first-order valence-corrected chi connectivity index (χ1v) is 6.06. The van der Waals surface area contributed by atoms with Crippen LogP contribution in [0, 0.1) is 11.7 Å². The van der Waals surface area contributed by atoms with E-state index >= 15 is 0 Å². The molecule has 1 heterocycles. The van der Waals surface area contributed by atoms with Crippen LogP contribution in [0.4, 0.5) is 18.9 Å². The van der Waals surface area contributed by atoms with Crippen molar-refractivity contribution in [2.45, 2.75) is 25.3 Å². The highest BCUT2D eigenvalue weighted by Gasteiger charge is 2.46. The molecule has 0 saturated heterocycles. The van der Waals surface area contributed by atoms with Gasteiger partial charge in [0, 0.05) is 23.6 Å². The number of halogens is 3. The molecule has 0 aromatic heterocycles. The van der Waals surface area contributed by atoms with Crippen LogP contribution in [-0.4, -0.2) is 18.2 Å². The Hall–Kier alpha value is -2.05. The predicted molar refractivity (Wildman–Crippen MR) is 69.2 cm³/mol. The summed E-state index contributed by atoms with van der Waals surface area (Å²) in [5, 5.41) is 2.29. The van der Waals surface area contributed by atoms with Crippen LogP contribution in [0.1, 0.15) is 24.9 Å². The molecule has 0 aliphatic carbocycles. The van der Waals surface area contributed by atoms with E-state index in [4.69, 9.17) is 5.73 Å². The molecular formula is C13H14F3N3O. The first-order chi connectivity index (χ1) is 9.35. The van der Waals surface area contributed by atoms with Gasteiger partial charge in [0.25, 0.3) is 5.92 Å². The third-order valence-electron chi connectivity index (χ3n) is 3.28. The molecule has 20 heavy (non-hydrogen) atoms. The largest absolute Gasteiger partial charge is 0.387 e. The second-order valence-electron chi connectivity index (χ2n) is 4.82. The number of carbonyl (C=O) groups excluding carboxylic acids is 1. The smallest absolute Gasteiger partial charge is 0.274 e. The zero-order chi connectivity index (χ0) is 14.9. The fourth-order valence-corrected chi connectivity index (χ4v) is 2.20. The van der Waals surface area contributed by atoms with Crippen molar-refractivity contribution in [3.63, 3.8) is 0 Å². The Morgan fingerprint density at radius 1 is 1.50 bits per heavy atom. The molecule has 0 fully saturated rings. The molecule has 0 spiro atoms. The summed E-state index contributed by atoms with van der Waals surface area (Å²) in [7, 11) is 0. The van der Waals surface area contributed by atoms with Crippen LogP contribution in [0.5, 0.6) is 0 Å². The van der Waals surface area contributed by atoms with Crippen LogP contribution in [0.15, 0.2) is 23.2 Å². The predicted octanol–water partition coefficient (Wildman–Crippen LogP) is 2.47. The normalized spacial score (nSPS) is 24.9. The van der Waals surface area contributed by atoms with E-state index < -0.39 is 30.1 Å². The summed E-state index contributed by atoms with van der Waals surface area (Å²) in [6.45, 7) is 1.55. The minimum absolute atomic E-state index is 0.0778. The molecule has 0 bridgehead atoms. The van der Waals surface area contributed by atoms with E-state index in [0.717, 1.165) is 12.1 Å². The van der Waals surface area contributed by atoms with Crippen molar-refractivity contribution in [1.29, 1.82) is 0 Å². The van der Waals surface area contributed by atoms with Crippen LogP contribution in [-0.2, 0) is 4.79 Å². The van der Waals surface area contributed by atoms with Crippen LogP contribution >= 0.6 is 0 Å². The number of nitrogens with one attached hydrogen (secondary N) is 1. The SMILES string of the molecule is CC1CC(F)(F)C(c2cc(NC=O)ccc2F)N=C1N. The molecule has 4 nitrogen and oxygen atoms in total. The minimum Gasteiger partial charge on any atom is -0.387 e. The molecule has 1 aromatic rings. The molecule has 2 unspecified atom stereocenters. The van der Waals surface area contributed by atoms with Crippen molar-refractivity contribution in [3.05, 3.63) is 29.6 Å². The van der Waals surface area contributed by atoms with E-state index in [2.05, 4.69) is 10.3 Å². The second kappa shape index (κ2) is 5.15. The Morgan fingerprint density at radius 3 is 2.85 bits per heavy atom. The fraction of sp³-hybridized carbons (Fsp3) is 0.385. The van der Waals surface area contributed by atoms with Gasteiger partial charge in [-0.3, -0.25) is 9.79 Å². The number of anilines is 1. The lowest BCUT2D eigenvalue weighted by atomic mass is 9.89. The molecule has 3 N–H and O–H groups in total. The van der Waals surface area contributed by atoms with Gasteiger partial charge in [-0.1, -0.05) is 6.92 Å². The number of nitrogens with two attached hydrogens (primary N) is 1. The standard InChI is InChI=1S/C13H14F3N3O/c1-7-5-13(15,16)11(19-12(7)17)9-4-8(18-6-20)2-3-10(9)14/h2-4,6-7,11H,5H2,1H3,(H2,17,19)(H,18,20). The van der Waals surface area contributed by atoms with Crippen molar-refractivity contribution in [3.8, 4) is 0 Å². The molecule has 108 valence electrons. The van der Waals surface area contributed by atoms with Gasteiger partial charge in [-0.25, -0.2) is 13.2 Å². The summed E-state index contributed by atoms with van der Waals surface area (Å²) < 4.78 is 41.9. The topological polar surface area (TPSA) is 67.5 Å². The number of hydrogen-bond acceptors (Lipinski definition) is 3. The second-order valence-corrected chi connectivity index (χ2v) is 4.82. The van der Waals surface area contributed by atoms with Crippen LogP contribution in [0.2, 0.25) is 0 Å². The molecule has 1 aromatic carbocycles. The highest BCUT2D eigenvalue weighted by molar-refractivity contribution is 5.83. The van der Waals surface area contributed by atoms with Crippen LogP contribution in [0.25, 0.3) is 0 Å². The quantitative estimate of drug-likeness (QED) is 0.838. The summed E-state index contributed by atoms with van der Waals surface area (Å²) in [6.07, 6.45) is -0.104.